The summed E-state index contributed by atoms with van der Waals surface area (Å²) in [7, 11) is 1.53. The van der Waals surface area contributed by atoms with Crippen molar-refractivity contribution in [3.63, 3.8) is 0 Å². The van der Waals surface area contributed by atoms with Gasteiger partial charge >= 0.3 is 0 Å². The number of ether oxygens (including phenoxy) is 1. The first-order valence-electron chi connectivity index (χ1n) is 11.5. The Balaban J connectivity index is 1.16. The lowest BCUT2D eigenvalue weighted by molar-refractivity contribution is -0.113. The molecule has 184 valence electrons. The SMILES string of the molecule is COc1ccc2ncc(F)c(CCN3CC[C@H](NCc4ccc5c(n4)NC(=O)CS5)[C@@H](O)C3)c2n1. The summed E-state index contributed by atoms with van der Waals surface area (Å²) in [4.78, 5) is 27.8. The number of hydrogen-bond donors (Lipinski definition) is 3. The van der Waals surface area contributed by atoms with Gasteiger partial charge in [-0.2, -0.15) is 0 Å². The van der Waals surface area contributed by atoms with Crippen molar-refractivity contribution in [1.82, 2.24) is 25.2 Å². The molecular formula is C24H27FN6O3S. The van der Waals surface area contributed by atoms with Gasteiger partial charge in [0.15, 0.2) is 0 Å². The first-order valence-corrected chi connectivity index (χ1v) is 12.5. The highest BCUT2D eigenvalue weighted by Gasteiger charge is 2.28. The van der Waals surface area contributed by atoms with E-state index in [2.05, 4.69) is 30.5 Å². The Hall–Kier alpha value is -2.86. The van der Waals surface area contributed by atoms with Crippen LogP contribution in [0.15, 0.2) is 35.4 Å². The molecule has 2 aliphatic rings. The van der Waals surface area contributed by atoms with Crippen LogP contribution in [0, 0.1) is 5.82 Å². The Morgan fingerprint density at radius 3 is 3.03 bits per heavy atom. The molecule has 0 aliphatic carbocycles. The van der Waals surface area contributed by atoms with Gasteiger partial charge in [-0.05, 0) is 37.6 Å². The molecule has 1 saturated heterocycles. The van der Waals surface area contributed by atoms with E-state index in [9.17, 15) is 14.3 Å². The van der Waals surface area contributed by atoms with E-state index in [1.54, 1.807) is 12.1 Å². The maximum absolute atomic E-state index is 14.6. The van der Waals surface area contributed by atoms with Gasteiger partial charge in [-0.25, -0.2) is 14.4 Å². The summed E-state index contributed by atoms with van der Waals surface area (Å²) in [5.41, 5.74) is 2.45. The van der Waals surface area contributed by atoms with Gasteiger partial charge in [-0.3, -0.25) is 9.78 Å². The summed E-state index contributed by atoms with van der Waals surface area (Å²) in [6.07, 6.45) is 1.88. The number of hydrogen-bond acceptors (Lipinski definition) is 9. The molecule has 9 nitrogen and oxygen atoms in total. The fraction of sp³-hybridized carbons (Fsp3) is 0.417. The number of aliphatic hydroxyl groups is 1. The number of fused-ring (bicyclic) bond motifs is 2. The Morgan fingerprint density at radius 1 is 1.31 bits per heavy atom. The van der Waals surface area contributed by atoms with Gasteiger partial charge in [0.2, 0.25) is 11.8 Å². The van der Waals surface area contributed by atoms with Crippen molar-refractivity contribution in [2.75, 3.05) is 37.8 Å². The molecule has 3 aromatic heterocycles. The normalized spacial score (nSPS) is 20.5. The molecule has 2 aliphatic heterocycles. The van der Waals surface area contributed by atoms with E-state index in [0.717, 1.165) is 23.6 Å². The summed E-state index contributed by atoms with van der Waals surface area (Å²) < 4.78 is 19.8. The number of likely N-dealkylation sites (tertiary alicyclic amines) is 1. The average molecular weight is 499 g/mol. The van der Waals surface area contributed by atoms with Gasteiger partial charge < -0.3 is 25.4 Å². The van der Waals surface area contributed by atoms with Gasteiger partial charge in [0.1, 0.15) is 11.6 Å². The van der Waals surface area contributed by atoms with E-state index in [0.29, 0.717) is 60.1 Å². The number of aromatic nitrogens is 3. The number of halogens is 1. The van der Waals surface area contributed by atoms with Crippen LogP contribution < -0.4 is 15.4 Å². The molecule has 1 fully saturated rings. The van der Waals surface area contributed by atoms with Crippen molar-refractivity contribution in [2.24, 2.45) is 0 Å². The maximum Gasteiger partial charge on any atom is 0.235 e. The number of pyridine rings is 3. The first kappa shape index (κ1) is 23.9. The molecule has 0 saturated carbocycles. The standard InChI is InChI=1S/C24H27FN6O3S/c1-34-22-5-3-18-23(30-22)15(16(25)11-27-18)6-8-31-9-7-17(19(32)12-31)26-10-14-2-4-20-24(28-14)29-21(33)13-35-20/h2-5,11,17,19,26,32H,6-10,12-13H2,1H3,(H,28,29,33)/t17-,19-/m0/s1. The van der Waals surface area contributed by atoms with Crippen LogP contribution in [0.4, 0.5) is 10.2 Å². The van der Waals surface area contributed by atoms with Crippen LogP contribution in [-0.4, -0.2) is 75.5 Å². The van der Waals surface area contributed by atoms with Crippen LogP contribution in [0.2, 0.25) is 0 Å². The molecule has 5 rings (SSSR count). The van der Waals surface area contributed by atoms with Crippen LogP contribution in [0.5, 0.6) is 5.88 Å². The molecule has 11 heteroatoms. The van der Waals surface area contributed by atoms with E-state index in [4.69, 9.17) is 4.74 Å². The predicted octanol–water partition coefficient (Wildman–Crippen LogP) is 1.98. The minimum atomic E-state index is -0.561. The predicted molar refractivity (Wildman–Crippen MR) is 131 cm³/mol. The molecule has 5 heterocycles. The molecule has 3 aromatic rings. The summed E-state index contributed by atoms with van der Waals surface area (Å²) >= 11 is 1.48. The van der Waals surface area contributed by atoms with Crippen molar-refractivity contribution in [3.05, 3.63) is 47.5 Å². The number of thioether (sulfide) groups is 1. The zero-order chi connectivity index (χ0) is 24.4. The van der Waals surface area contributed by atoms with E-state index in [-0.39, 0.29) is 17.8 Å². The van der Waals surface area contributed by atoms with Crippen LogP contribution in [0.3, 0.4) is 0 Å². The molecule has 0 unspecified atom stereocenters. The first-order chi connectivity index (χ1) is 17.0. The van der Waals surface area contributed by atoms with Crippen LogP contribution in [0.1, 0.15) is 17.7 Å². The lowest BCUT2D eigenvalue weighted by atomic mass is 10.0. The second-order valence-electron chi connectivity index (χ2n) is 8.69. The number of nitrogens with one attached hydrogen (secondary N) is 2. The Bertz CT molecular complexity index is 1250. The molecule has 0 spiro atoms. The molecular weight excluding hydrogens is 471 g/mol. The smallest absolute Gasteiger partial charge is 0.235 e. The number of piperidine rings is 1. The van der Waals surface area contributed by atoms with Crippen molar-refractivity contribution in [1.29, 1.82) is 0 Å². The molecule has 3 N–H and O–H groups in total. The lowest BCUT2D eigenvalue weighted by Crippen LogP contribution is -2.52. The number of anilines is 1. The highest BCUT2D eigenvalue weighted by Crippen LogP contribution is 2.29. The molecule has 0 aromatic carbocycles. The quantitative estimate of drug-likeness (QED) is 0.450. The monoisotopic (exact) mass is 498 g/mol. The number of β-amino-alcohol motifs (C(OH)–C–C–N with tert-alkyl or cyclic N) is 1. The summed E-state index contributed by atoms with van der Waals surface area (Å²) in [6, 6.07) is 7.32. The average Bonchev–Trinajstić information content (AvgIpc) is 2.87. The Morgan fingerprint density at radius 2 is 2.20 bits per heavy atom. The zero-order valence-electron chi connectivity index (χ0n) is 19.3. The number of rotatable bonds is 7. The molecule has 2 atom stereocenters. The Labute approximate surface area is 206 Å². The number of methoxy groups -OCH3 is 1. The van der Waals surface area contributed by atoms with Gasteiger partial charge in [-0.15, -0.1) is 11.8 Å². The minimum Gasteiger partial charge on any atom is -0.481 e. The summed E-state index contributed by atoms with van der Waals surface area (Å²) in [5.74, 6) is 0.998. The van der Waals surface area contributed by atoms with E-state index in [1.807, 2.05) is 12.1 Å². The summed E-state index contributed by atoms with van der Waals surface area (Å²) in [6.45, 7) is 2.36. The van der Waals surface area contributed by atoms with Crippen molar-refractivity contribution in [2.45, 2.75) is 36.4 Å². The van der Waals surface area contributed by atoms with Crippen LogP contribution >= 0.6 is 11.8 Å². The highest BCUT2D eigenvalue weighted by atomic mass is 32.2. The molecule has 0 bridgehead atoms. The summed E-state index contributed by atoms with van der Waals surface area (Å²) in [5, 5.41) is 16.9. The van der Waals surface area contributed by atoms with Crippen molar-refractivity contribution >= 4 is 34.5 Å². The topological polar surface area (TPSA) is 112 Å². The maximum atomic E-state index is 14.6. The van der Waals surface area contributed by atoms with Crippen molar-refractivity contribution < 1.29 is 19.0 Å². The third-order valence-corrected chi connectivity index (χ3v) is 7.42. The fourth-order valence-electron chi connectivity index (χ4n) is 4.48. The van der Waals surface area contributed by atoms with Crippen LogP contribution in [0.25, 0.3) is 11.0 Å². The highest BCUT2D eigenvalue weighted by molar-refractivity contribution is 8.00. The number of nitrogens with zero attached hydrogens (tertiary/aromatic N) is 4. The van der Waals surface area contributed by atoms with Crippen molar-refractivity contribution in [3.8, 4) is 5.88 Å². The van der Waals surface area contributed by atoms with Gasteiger partial charge in [-0.1, -0.05) is 0 Å². The second kappa shape index (κ2) is 10.4. The third kappa shape index (κ3) is 5.37. The molecule has 1 amide bonds. The largest absolute Gasteiger partial charge is 0.481 e. The van der Waals surface area contributed by atoms with E-state index < -0.39 is 6.10 Å². The number of amides is 1. The van der Waals surface area contributed by atoms with Crippen LogP contribution in [-0.2, 0) is 17.8 Å². The number of carbonyl (C=O) groups excluding carboxylic acids is 1. The third-order valence-electron chi connectivity index (χ3n) is 6.37. The fourth-order valence-corrected chi connectivity index (χ4v) is 5.23. The second-order valence-corrected chi connectivity index (χ2v) is 9.70. The number of aliphatic hydroxyl groups excluding tert-OH is 1. The molecule has 0 radical (unpaired) electrons. The van der Waals surface area contributed by atoms with Gasteiger partial charge in [0.25, 0.3) is 0 Å². The van der Waals surface area contributed by atoms with Gasteiger partial charge in [0.05, 0.1) is 46.8 Å². The number of carbonyl (C=O) groups is 1. The van der Waals surface area contributed by atoms with Gasteiger partial charge in [0, 0.05) is 37.3 Å². The lowest BCUT2D eigenvalue weighted by Gasteiger charge is -2.36. The Kier molecular flexibility index (Phi) is 7.09. The van der Waals surface area contributed by atoms with E-state index in [1.165, 1.54) is 25.1 Å². The molecule has 35 heavy (non-hydrogen) atoms. The van der Waals surface area contributed by atoms with E-state index >= 15 is 0 Å². The zero-order valence-corrected chi connectivity index (χ0v) is 20.1. The minimum absolute atomic E-state index is 0.0440.